The quantitative estimate of drug-likeness (QED) is 0.701. The van der Waals surface area contributed by atoms with Crippen molar-refractivity contribution in [2.45, 2.75) is 12.5 Å². The molecule has 2 aromatic carbocycles. The number of carbonyl (C=O) groups is 3. The summed E-state index contributed by atoms with van der Waals surface area (Å²) in [7, 11) is 0. The number of rotatable bonds is 6. The third-order valence-electron chi connectivity index (χ3n) is 5.92. The Morgan fingerprint density at radius 1 is 0.970 bits per heavy atom. The highest BCUT2D eigenvalue weighted by Gasteiger charge is 2.36. The van der Waals surface area contributed by atoms with Gasteiger partial charge in [-0.25, -0.2) is 4.79 Å². The molecule has 33 heavy (non-hydrogen) atoms. The third kappa shape index (κ3) is 5.83. The van der Waals surface area contributed by atoms with Crippen LogP contribution >= 0.6 is 11.6 Å². The molecule has 174 valence electrons. The van der Waals surface area contributed by atoms with Gasteiger partial charge in [-0.05, 0) is 24.1 Å². The molecule has 1 N–H and O–H groups in total. The lowest BCUT2D eigenvalue weighted by Crippen LogP contribution is -2.43. The van der Waals surface area contributed by atoms with Gasteiger partial charge >= 0.3 is 6.09 Å². The second-order valence-electron chi connectivity index (χ2n) is 8.17. The lowest BCUT2D eigenvalue weighted by Gasteiger charge is -2.26. The summed E-state index contributed by atoms with van der Waals surface area (Å²) >= 11 is 6.11. The molecule has 9 heteroatoms. The van der Waals surface area contributed by atoms with Gasteiger partial charge in [0.25, 0.3) is 0 Å². The van der Waals surface area contributed by atoms with Crippen LogP contribution in [0.5, 0.6) is 0 Å². The van der Waals surface area contributed by atoms with E-state index in [9.17, 15) is 14.4 Å². The highest BCUT2D eigenvalue weighted by molar-refractivity contribution is 6.33. The first kappa shape index (κ1) is 23.1. The first-order valence-corrected chi connectivity index (χ1v) is 11.4. The molecule has 1 unspecified atom stereocenters. The maximum Gasteiger partial charge on any atom is 0.410 e. The molecule has 2 aliphatic rings. The van der Waals surface area contributed by atoms with E-state index in [1.54, 1.807) is 17.0 Å². The molecule has 2 aliphatic heterocycles. The monoisotopic (exact) mass is 470 g/mol. The van der Waals surface area contributed by atoms with Crippen LogP contribution in [-0.4, -0.2) is 78.5 Å². The van der Waals surface area contributed by atoms with E-state index in [4.69, 9.17) is 16.3 Å². The number of hydrogen-bond acceptors (Lipinski definition) is 5. The van der Waals surface area contributed by atoms with Gasteiger partial charge in [0.15, 0.2) is 0 Å². The molecule has 3 amide bonds. The van der Waals surface area contributed by atoms with Gasteiger partial charge in [0, 0.05) is 26.2 Å². The van der Waals surface area contributed by atoms with E-state index >= 15 is 0 Å². The molecule has 0 aromatic heterocycles. The van der Waals surface area contributed by atoms with Crippen molar-refractivity contribution in [3.8, 4) is 0 Å². The van der Waals surface area contributed by atoms with E-state index in [2.05, 4.69) is 5.32 Å². The summed E-state index contributed by atoms with van der Waals surface area (Å²) < 4.78 is 5.22. The third-order valence-corrected chi connectivity index (χ3v) is 6.25. The minimum absolute atomic E-state index is 0.0224. The second kappa shape index (κ2) is 10.7. The molecule has 2 fully saturated rings. The molecule has 0 radical (unpaired) electrons. The van der Waals surface area contributed by atoms with E-state index in [-0.39, 0.29) is 37.6 Å². The number of carbonyl (C=O) groups excluding carboxylic acids is 3. The number of hydrogen-bond donors (Lipinski definition) is 1. The topological polar surface area (TPSA) is 82.2 Å². The molecular formula is C24H27ClN4O4. The minimum Gasteiger partial charge on any atom is -0.447 e. The fourth-order valence-corrected chi connectivity index (χ4v) is 4.34. The summed E-state index contributed by atoms with van der Waals surface area (Å²) in [6.07, 6.45) is 0.280. The first-order valence-electron chi connectivity index (χ1n) is 11.0. The first-order chi connectivity index (χ1) is 16.0. The Hall–Kier alpha value is -3.10. The van der Waals surface area contributed by atoms with Gasteiger partial charge in [0.2, 0.25) is 11.8 Å². The number of benzene rings is 2. The van der Waals surface area contributed by atoms with Crippen molar-refractivity contribution in [1.29, 1.82) is 0 Å². The van der Waals surface area contributed by atoms with Crippen molar-refractivity contribution >= 4 is 35.2 Å². The molecule has 0 bridgehead atoms. The lowest BCUT2D eigenvalue weighted by molar-refractivity contribution is -0.131. The van der Waals surface area contributed by atoms with Gasteiger partial charge < -0.3 is 15.0 Å². The standard InChI is InChI=1S/C24H27ClN4O4/c25-19-9-4-5-10-20(19)26-22(30)15-27-11-6-12-28(14-13-27)23(31)16-29-21(17-33-24(29)32)18-7-2-1-3-8-18/h1-5,7-10,21H,6,11-17H2,(H,26,30). The van der Waals surface area contributed by atoms with Crippen LogP contribution in [0.25, 0.3) is 0 Å². The van der Waals surface area contributed by atoms with E-state index in [0.717, 1.165) is 12.0 Å². The van der Waals surface area contributed by atoms with E-state index in [1.165, 1.54) is 4.90 Å². The molecule has 0 saturated carbocycles. The summed E-state index contributed by atoms with van der Waals surface area (Å²) in [4.78, 5) is 43.0. The molecule has 0 aliphatic carbocycles. The Kier molecular flexibility index (Phi) is 7.47. The molecule has 2 saturated heterocycles. The van der Waals surface area contributed by atoms with E-state index < -0.39 is 6.09 Å². The zero-order valence-electron chi connectivity index (χ0n) is 18.3. The molecular weight excluding hydrogens is 444 g/mol. The van der Waals surface area contributed by atoms with Crippen LogP contribution in [0, 0.1) is 0 Å². The van der Waals surface area contributed by atoms with Crippen LogP contribution in [-0.2, 0) is 14.3 Å². The molecule has 1 atom stereocenters. The Morgan fingerprint density at radius 3 is 2.52 bits per heavy atom. The lowest BCUT2D eigenvalue weighted by atomic mass is 10.1. The molecule has 0 spiro atoms. The van der Waals surface area contributed by atoms with E-state index in [1.807, 2.05) is 47.4 Å². The van der Waals surface area contributed by atoms with Gasteiger partial charge in [-0.3, -0.25) is 19.4 Å². The zero-order valence-corrected chi connectivity index (χ0v) is 19.0. The van der Waals surface area contributed by atoms with Crippen LogP contribution in [0.2, 0.25) is 5.02 Å². The number of anilines is 1. The van der Waals surface area contributed by atoms with Gasteiger partial charge in [-0.1, -0.05) is 54.1 Å². The normalized spacial score (nSPS) is 19.2. The number of ether oxygens (including phenoxy) is 1. The zero-order chi connectivity index (χ0) is 23.2. The van der Waals surface area contributed by atoms with Gasteiger partial charge in [-0.15, -0.1) is 0 Å². The fourth-order valence-electron chi connectivity index (χ4n) is 4.16. The summed E-state index contributed by atoms with van der Waals surface area (Å²) in [6, 6.07) is 16.4. The Labute approximate surface area is 198 Å². The SMILES string of the molecule is O=C(CN1CCCN(C(=O)CN2C(=O)OCC2c2ccccc2)CC1)Nc1ccccc1Cl. The maximum atomic E-state index is 13.0. The van der Waals surface area contributed by atoms with Gasteiger partial charge in [0.1, 0.15) is 13.2 Å². The Bertz CT molecular complexity index is 1000. The molecule has 8 nitrogen and oxygen atoms in total. The fraction of sp³-hybridized carbons (Fsp3) is 0.375. The molecule has 4 rings (SSSR count). The van der Waals surface area contributed by atoms with Crippen molar-refractivity contribution in [3.63, 3.8) is 0 Å². The summed E-state index contributed by atoms with van der Waals surface area (Å²) in [5, 5.41) is 3.33. The predicted octanol–water partition coefficient (Wildman–Crippen LogP) is 3.01. The van der Waals surface area contributed by atoms with Crippen molar-refractivity contribution in [2.75, 3.05) is 51.2 Å². The number of halogens is 1. The Morgan fingerprint density at radius 2 is 1.73 bits per heavy atom. The largest absolute Gasteiger partial charge is 0.447 e. The van der Waals surface area contributed by atoms with E-state index in [0.29, 0.717) is 36.9 Å². The van der Waals surface area contributed by atoms with Crippen LogP contribution < -0.4 is 5.32 Å². The smallest absolute Gasteiger partial charge is 0.410 e. The molecule has 2 aromatic rings. The summed E-state index contributed by atoms with van der Waals surface area (Å²) in [5.74, 6) is -0.259. The Balaban J connectivity index is 1.30. The summed E-state index contributed by atoms with van der Waals surface area (Å²) in [5.41, 5.74) is 1.53. The predicted molar refractivity (Wildman–Crippen MR) is 125 cm³/mol. The number of amides is 3. The van der Waals surface area contributed by atoms with Crippen molar-refractivity contribution in [1.82, 2.24) is 14.7 Å². The van der Waals surface area contributed by atoms with Crippen LogP contribution in [0.3, 0.4) is 0 Å². The minimum atomic E-state index is -0.468. The van der Waals surface area contributed by atoms with Crippen molar-refractivity contribution in [3.05, 3.63) is 65.2 Å². The number of nitrogens with one attached hydrogen (secondary N) is 1. The van der Waals surface area contributed by atoms with Crippen molar-refractivity contribution < 1.29 is 19.1 Å². The van der Waals surface area contributed by atoms with Crippen LogP contribution in [0.4, 0.5) is 10.5 Å². The number of nitrogens with zero attached hydrogens (tertiary/aromatic N) is 3. The second-order valence-corrected chi connectivity index (χ2v) is 8.58. The average Bonchev–Trinajstić information content (AvgIpc) is 3.02. The number of cyclic esters (lactones) is 1. The maximum absolute atomic E-state index is 13.0. The van der Waals surface area contributed by atoms with Crippen molar-refractivity contribution in [2.24, 2.45) is 0 Å². The van der Waals surface area contributed by atoms with Crippen LogP contribution in [0.1, 0.15) is 18.0 Å². The van der Waals surface area contributed by atoms with Crippen LogP contribution in [0.15, 0.2) is 54.6 Å². The van der Waals surface area contributed by atoms with Gasteiger partial charge in [0.05, 0.1) is 23.3 Å². The average molecular weight is 471 g/mol. The number of para-hydroxylation sites is 1. The summed E-state index contributed by atoms with van der Waals surface area (Å²) in [6.45, 7) is 2.81. The highest BCUT2D eigenvalue weighted by Crippen LogP contribution is 2.27. The molecule has 2 heterocycles. The highest BCUT2D eigenvalue weighted by atomic mass is 35.5. The van der Waals surface area contributed by atoms with Gasteiger partial charge in [-0.2, -0.15) is 0 Å².